The van der Waals surface area contributed by atoms with Crippen LogP contribution in [-0.4, -0.2) is 10.2 Å². The Morgan fingerprint density at radius 2 is 0.906 bits per heavy atom. The van der Waals surface area contributed by atoms with E-state index >= 15 is 0 Å². The lowest BCUT2D eigenvalue weighted by atomic mass is 9.87. The number of aromatic hydroxyl groups is 2. The fourth-order valence-electron chi connectivity index (χ4n) is 4.72. The molecule has 0 aliphatic carbocycles. The Kier molecular flexibility index (Phi) is 4.12. The molecular formula is C30H20O2. The number of benzene rings is 6. The highest BCUT2D eigenvalue weighted by Gasteiger charge is 2.14. The Balaban J connectivity index is 1.72. The maximum Gasteiger partial charge on any atom is 0.115 e. The van der Waals surface area contributed by atoms with Crippen LogP contribution in [0.2, 0.25) is 0 Å². The second kappa shape index (κ2) is 7.14. The summed E-state index contributed by atoms with van der Waals surface area (Å²) in [6, 6.07) is 36.3. The van der Waals surface area contributed by atoms with Gasteiger partial charge < -0.3 is 10.2 Å². The van der Waals surface area contributed by atoms with Crippen molar-refractivity contribution in [2.75, 3.05) is 0 Å². The SMILES string of the molecule is Oc1ccc(-c2ccc3c(ccc4c5ccccc5ccc34)c2-c2ccc(O)cc2)cc1. The minimum absolute atomic E-state index is 0.247. The van der Waals surface area contributed by atoms with Gasteiger partial charge in [0.2, 0.25) is 0 Å². The molecule has 0 atom stereocenters. The number of phenols is 2. The van der Waals surface area contributed by atoms with E-state index in [4.69, 9.17) is 0 Å². The van der Waals surface area contributed by atoms with Crippen LogP contribution in [-0.2, 0) is 0 Å². The van der Waals surface area contributed by atoms with Crippen molar-refractivity contribution in [1.82, 2.24) is 0 Å². The Morgan fingerprint density at radius 3 is 1.66 bits per heavy atom. The van der Waals surface area contributed by atoms with Crippen molar-refractivity contribution >= 4 is 32.3 Å². The predicted octanol–water partition coefficient (Wildman–Crippen LogP) is 7.89. The third-order valence-electron chi connectivity index (χ3n) is 6.26. The second-order valence-electron chi connectivity index (χ2n) is 8.12. The van der Waals surface area contributed by atoms with Gasteiger partial charge >= 0.3 is 0 Å². The molecule has 0 fully saturated rings. The molecule has 2 heteroatoms. The maximum atomic E-state index is 9.85. The van der Waals surface area contributed by atoms with Gasteiger partial charge in [-0.3, -0.25) is 0 Å². The first kappa shape index (κ1) is 18.5. The van der Waals surface area contributed by atoms with Gasteiger partial charge in [-0.15, -0.1) is 0 Å². The molecule has 0 aromatic heterocycles. The van der Waals surface area contributed by atoms with Gasteiger partial charge in [-0.2, -0.15) is 0 Å². The zero-order valence-corrected chi connectivity index (χ0v) is 17.3. The predicted molar refractivity (Wildman–Crippen MR) is 133 cm³/mol. The average Bonchev–Trinajstić information content (AvgIpc) is 2.84. The van der Waals surface area contributed by atoms with E-state index in [1.54, 1.807) is 24.3 Å². The van der Waals surface area contributed by atoms with E-state index < -0.39 is 0 Å². The van der Waals surface area contributed by atoms with E-state index in [9.17, 15) is 10.2 Å². The summed E-state index contributed by atoms with van der Waals surface area (Å²) in [5, 5.41) is 26.9. The summed E-state index contributed by atoms with van der Waals surface area (Å²) in [6.07, 6.45) is 0. The molecule has 2 N–H and O–H groups in total. The molecule has 0 aliphatic rings. The summed E-state index contributed by atoms with van der Waals surface area (Å²) in [5.41, 5.74) is 4.27. The van der Waals surface area contributed by atoms with Crippen LogP contribution in [0.4, 0.5) is 0 Å². The Bertz CT molecular complexity index is 1610. The van der Waals surface area contributed by atoms with Crippen LogP contribution < -0.4 is 0 Å². The second-order valence-corrected chi connectivity index (χ2v) is 8.12. The van der Waals surface area contributed by atoms with Gasteiger partial charge in [-0.25, -0.2) is 0 Å². The first-order chi connectivity index (χ1) is 15.7. The minimum Gasteiger partial charge on any atom is -0.508 e. The third-order valence-corrected chi connectivity index (χ3v) is 6.26. The summed E-state index contributed by atoms with van der Waals surface area (Å²) in [7, 11) is 0. The van der Waals surface area contributed by atoms with Crippen molar-refractivity contribution in [2.24, 2.45) is 0 Å². The van der Waals surface area contributed by atoms with E-state index in [1.807, 2.05) is 24.3 Å². The van der Waals surface area contributed by atoms with E-state index in [2.05, 4.69) is 60.7 Å². The molecule has 0 saturated carbocycles. The molecule has 2 nitrogen and oxygen atoms in total. The summed E-state index contributed by atoms with van der Waals surface area (Å²) in [6.45, 7) is 0. The lowest BCUT2D eigenvalue weighted by Gasteiger charge is -2.16. The van der Waals surface area contributed by atoms with E-state index in [0.717, 1.165) is 27.6 Å². The fraction of sp³-hybridized carbons (Fsp3) is 0. The topological polar surface area (TPSA) is 40.5 Å². The average molecular weight is 412 g/mol. The number of rotatable bonds is 2. The highest BCUT2D eigenvalue weighted by Crippen LogP contribution is 2.42. The number of hydrogen-bond acceptors (Lipinski definition) is 2. The number of hydrogen-bond donors (Lipinski definition) is 2. The third kappa shape index (κ3) is 2.89. The van der Waals surface area contributed by atoms with Crippen molar-refractivity contribution in [3.8, 4) is 33.8 Å². The van der Waals surface area contributed by atoms with Crippen molar-refractivity contribution < 1.29 is 10.2 Å². The first-order valence-corrected chi connectivity index (χ1v) is 10.6. The molecule has 0 radical (unpaired) electrons. The molecular weight excluding hydrogens is 392 g/mol. The molecule has 0 bridgehead atoms. The molecule has 0 spiro atoms. The summed E-state index contributed by atoms with van der Waals surface area (Å²) >= 11 is 0. The van der Waals surface area contributed by atoms with Gasteiger partial charge in [0, 0.05) is 0 Å². The first-order valence-electron chi connectivity index (χ1n) is 10.6. The van der Waals surface area contributed by atoms with Gasteiger partial charge in [-0.1, -0.05) is 84.9 Å². The van der Waals surface area contributed by atoms with Crippen molar-refractivity contribution in [1.29, 1.82) is 0 Å². The molecule has 0 aliphatic heterocycles. The molecule has 0 amide bonds. The molecule has 152 valence electrons. The number of phenolic OH excluding ortho intramolecular Hbond substituents is 2. The Labute approximate surface area is 185 Å². The molecule has 0 saturated heterocycles. The van der Waals surface area contributed by atoms with Crippen molar-refractivity contribution in [3.05, 3.63) is 109 Å². The van der Waals surface area contributed by atoms with Gasteiger partial charge in [-0.05, 0) is 78.8 Å². The van der Waals surface area contributed by atoms with Gasteiger partial charge in [0.25, 0.3) is 0 Å². The normalized spacial score (nSPS) is 11.4. The van der Waals surface area contributed by atoms with E-state index in [-0.39, 0.29) is 11.5 Å². The molecule has 6 aromatic rings. The summed E-state index contributed by atoms with van der Waals surface area (Å²) in [5.74, 6) is 0.496. The van der Waals surface area contributed by atoms with Crippen LogP contribution >= 0.6 is 0 Å². The zero-order chi connectivity index (χ0) is 21.7. The summed E-state index contributed by atoms with van der Waals surface area (Å²) < 4.78 is 0. The molecule has 0 heterocycles. The van der Waals surface area contributed by atoms with Crippen LogP contribution in [0.15, 0.2) is 109 Å². The van der Waals surface area contributed by atoms with Crippen LogP contribution in [0.1, 0.15) is 0 Å². The van der Waals surface area contributed by atoms with Crippen LogP contribution in [0.3, 0.4) is 0 Å². The maximum absolute atomic E-state index is 9.85. The van der Waals surface area contributed by atoms with Gasteiger partial charge in [0.15, 0.2) is 0 Å². The summed E-state index contributed by atoms with van der Waals surface area (Å²) in [4.78, 5) is 0. The standard InChI is InChI=1S/C30H20O2/c31-22-10-5-20(6-11-22)25-15-16-28-27-14-9-19-3-1-2-4-24(19)26(27)17-18-29(28)30(25)21-7-12-23(32)13-8-21/h1-18,31-32H. The van der Waals surface area contributed by atoms with Crippen LogP contribution in [0.25, 0.3) is 54.6 Å². The monoisotopic (exact) mass is 412 g/mol. The van der Waals surface area contributed by atoms with Crippen molar-refractivity contribution in [3.63, 3.8) is 0 Å². The van der Waals surface area contributed by atoms with Gasteiger partial charge in [0.1, 0.15) is 11.5 Å². The van der Waals surface area contributed by atoms with Crippen LogP contribution in [0, 0.1) is 0 Å². The lowest BCUT2D eigenvalue weighted by Crippen LogP contribution is -1.89. The minimum atomic E-state index is 0.247. The smallest absolute Gasteiger partial charge is 0.115 e. The molecule has 32 heavy (non-hydrogen) atoms. The van der Waals surface area contributed by atoms with Crippen LogP contribution in [0.5, 0.6) is 11.5 Å². The Morgan fingerprint density at radius 1 is 0.375 bits per heavy atom. The van der Waals surface area contributed by atoms with E-state index in [1.165, 1.54) is 26.9 Å². The highest BCUT2D eigenvalue weighted by atomic mass is 16.3. The molecule has 0 unspecified atom stereocenters. The lowest BCUT2D eigenvalue weighted by molar-refractivity contribution is 0.475. The van der Waals surface area contributed by atoms with Crippen molar-refractivity contribution in [2.45, 2.75) is 0 Å². The zero-order valence-electron chi connectivity index (χ0n) is 17.3. The van der Waals surface area contributed by atoms with E-state index in [0.29, 0.717) is 0 Å². The Hall–Kier alpha value is -4.30. The van der Waals surface area contributed by atoms with Gasteiger partial charge in [0.05, 0.1) is 0 Å². The molecule has 6 aromatic carbocycles. The molecule has 6 rings (SSSR count). The quantitative estimate of drug-likeness (QED) is 0.284. The number of fused-ring (bicyclic) bond motifs is 5. The largest absolute Gasteiger partial charge is 0.508 e. The highest BCUT2D eigenvalue weighted by molar-refractivity contribution is 6.20. The fourth-order valence-corrected chi connectivity index (χ4v) is 4.72.